The van der Waals surface area contributed by atoms with E-state index < -0.39 is 5.97 Å². The van der Waals surface area contributed by atoms with Gasteiger partial charge in [-0.15, -0.1) is 0 Å². The Kier molecular flexibility index (Phi) is 12.5. The van der Waals surface area contributed by atoms with Gasteiger partial charge in [0.25, 0.3) is 0 Å². The van der Waals surface area contributed by atoms with Crippen molar-refractivity contribution in [3.8, 4) is 0 Å². The van der Waals surface area contributed by atoms with Crippen LogP contribution in [0.2, 0.25) is 0 Å². The van der Waals surface area contributed by atoms with Crippen LogP contribution >= 0.6 is 0 Å². The summed E-state index contributed by atoms with van der Waals surface area (Å²) >= 11 is 0. The maximum atomic E-state index is 12.3. The molecule has 5 nitrogen and oxygen atoms in total. The number of carbonyl (C=O) groups excluding carboxylic acids is 2. The number of imide groups is 1. The molecule has 1 heterocycles. The van der Waals surface area contributed by atoms with Crippen molar-refractivity contribution < 1.29 is 19.5 Å². The highest BCUT2D eigenvalue weighted by Crippen LogP contribution is 2.22. The number of likely N-dealkylation sites (tertiary alicyclic amines) is 1. The van der Waals surface area contributed by atoms with E-state index in [4.69, 9.17) is 5.11 Å². The van der Waals surface area contributed by atoms with E-state index in [9.17, 15) is 14.4 Å². The third-order valence-corrected chi connectivity index (χ3v) is 5.14. The molecule has 0 radical (unpaired) electrons. The molecule has 1 atom stereocenters. The average Bonchev–Trinajstić information content (AvgIpc) is 2.90. The molecular formula is C22H37NO4. The van der Waals surface area contributed by atoms with Gasteiger partial charge >= 0.3 is 5.97 Å². The molecule has 1 unspecified atom stereocenters. The Morgan fingerprint density at radius 2 is 1.63 bits per heavy atom. The van der Waals surface area contributed by atoms with Crippen molar-refractivity contribution in [2.24, 2.45) is 5.92 Å². The summed E-state index contributed by atoms with van der Waals surface area (Å²) in [5.41, 5.74) is 0. The number of carboxylic acid groups (broad SMARTS) is 1. The Labute approximate surface area is 164 Å². The lowest BCUT2D eigenvalue weighted by Gasteiger charge is -2.13. The predicted molar refractivity (Wildman–Crippen MR) is 107 cm³/mol. The number of aliphatic carboxylic acids is 1. The molecule has 2 amide bonds. The van der Waals surface area contributed by atoms with Crippen LogP contribution in [-0.2, 0) is 14.4 Å². The van der Waals surface area contributed by atoms with Crippen LogP contribution in [-0.4, -0.2) is 34.3 Å². The van der Waals surface area contributed by atoms with Gasteiger partial charge in [0.1, 0.15) is 0 Å². The normalized spacial score (nSPS) is 17.4. The molecule has 0 aromatic carbocycles. The van der Waals surface area contributed by atoms with E-state index in [2.05, 4.69) is 13.0 Å². The van der Waals surface area contributed by atoms with E-state index in [0.29, 0.717) is 19.4 Å². The fraction of sp³-hybridized carbons (Fsp3) is 0.773. The number of hydrogen-bond donors (Lipinski definition) is 1. The number of carboxylic acids is 1. The van der Waals surface area contributed by atoms with E-state index in [-0.39, 0.29) is 30.6 Å². The van der Waals surface area contributed by atoms with Crippen LogP contribution < -0.4 is 0 Å². The fourth-order valence-electron chi connectivity index (χ4n) is 3.47. The molecular weight excluding hydrogens is 342 g/mol. The second kappa shape index (κ2) is 14.4. The number of carbonyl (C=O) groups is 3. The van der Waals surface area contributed by atoms with E-state index >= 15 is 0 Å². The molecule has 1 aliphatic heterocycles. The minimum Gasteiger partial charge on any atom is -0.481 e. The van der Waals surface area contributed by atoms with Gasteiger partial charge in [0, 0.05) is 19.4 Å². The number of hydrogen-bond acceptors (Lipinski definition) is 3. The molecule has 0 bridgehead atoms. The van der Waals surface area contributed by atoms with Crippen molar-refractivity contribution in [1.29, 1.82) is 0 Å². The minimum absolute atomic E-state index is 0.0922. The highest BCUT2D eigenvalue weighted by Gasteiger charge is 2.36. The van der Waals surface area contributed by atoms with Gasteiger partial charge in [-0.1, -0.05) is 70.4 Å². The van der Waals surface area contributed by atoms with E-state index in [1.807, 2.05) is 6.08 Å². The molecule has 0 spiro atoms. The lowest BCUT2D eigenvalue weighted by atomic mass is 10.0. The first-order valence-electron chi connectivity index (χ1n) is 10.8. The number of nitrogens with zero attached hydrogens (tertiary/aromatic N) is 1. The SMILES string of the molecule is CCCCCCCCCCC=CC1CC(=O)N(CCCCCC(=O)O)C1=O. The van der Waals surface area contributed by atoms with Crippen molar-refractivity contribution in [3.05, 3.63) is 12.2 Å². The van der Waals surface area contributed by atoms with Crippen LogP contribution in [0.1, 0.15) is 96.8 Å². The van der Waals surface area contributed by atoms with Gasteiger partial charge in [-0.2, -0.15) is 0 Å². The minimum atomic E-state index is -0.801. The van der Waals surface area contributed by atoms with Gasteiger partial charge in [0.2, 0.25) is 11.8 Å². The van der Waals surface area contributed by atoms with Crippen LogP contribution in [0.5, 0.6) is 0 Å². The smallest absolute Gasteiger partial charge is 0.303 e. The highest BCUT2D eigenvalue weighted by atomic mass is 16.4. The fourth-order valence-corrected chi connectivity index (χ4v) is 3.47. The molecule has 1 rings (SSSR count). The average molecular weight is 380 g/mol. The summed E-state index contributed by atoms with van der Waals surface area (Å²) < 4.78 is 0. The second-order valence-electron chi connectivity index (χ2n) is 7.59. The standard InChI is InChI=1S/C22H37NO4/c1-2-3-4-5-6-7-8-9-10-12-15-19-18-20(24)23(22(19)27)17-14-11-13-16-21(25)26/h12,15,19H,2-11,13-14,16-18H2,1H3,(H,25,26). The van der Waals surface area contributed by atoms with Crippen molar-refractivity contribution in [1.82, 2.24) is 4.90 Å². The van der Waals surface area contributed by atoms with E-state index in [1.54, 1.807) is 0 Å². The maximum absolute atomic E-state index is 12.3. The molecule has 0 aromatic rings. The number of allylic oxidation sites excluding steroid dienone is 1. The van der Waals surface area contributed by atoms with E-state index in [0.717, 1.165) is 19.3 Å². The van der Waals surface area contributed by atoms with Crippen LogP contribution in [0, 0.1) is 5.92 Å². The Balaban J connectivity index is 2.13. The molecule has 5 heteroatoms. The molecule has 1 saturated heterocycles. The first kappa shape index (κ1) is 23.4. The van der Waals surface area contributed by atoms with E-state index in [1.165, 1.54) is 49.8 Å². The van der Waals surface area contributed by atoms with Crippen LogP contribution in [0.4, 0.5) is 0 Å². The zero-order chi connectivity index (χ0) is 19.9. The number of rotatable bonds is 16. The predicted octanol–water partition coefficient (Wildman–Crippen LogP) is 5.09. The summed E-state index contributed by atoms with van der Waals surface area (Å²) in [5.74, 6) is -1.29. The van der Waals surface area contributed by atoms with Crippen molar-refractivity contribution in [3.63, 3.8) is 0 Å². The summed E-state index contributed by atoms with van der Waals surface area (Å²) in [6, 6.07) is 0. The lowest BCUT2D eigenvalue weighted by Crippen LogP contribution is -2.31. The number of amides is 2. The van der Waals surface area contributed by atoms with Gasteiger partial charge in [-0.05, 0) is 25.7 Å². The molecule has 1 aliphatic rings. The number of unbranched alkanes of at least 4 members (excludes halogenated alkanes) is 10. The van der Waals surface area contributed by atoms with Crippen molar-refractivity contribution in [2.45, 2.75) is 96.8 Å². The molecule has 1 N–H and O–H groups in total. The summed E-state index contributed by atoms with van der Waals surface area (Å²) in [4.78, 5) is 36.2. The van der Waals surface area contributed by atoms with Gasteiger partial charge in [0.15, 0.2) is 0 Å². The third kappa shape index (κ3) is 10.3. The monoisotopic (exact) mass is 379 g/mol. The summed E-state index contributed by atoms with van der Waals surface area (Å²) in [6.07, 6.45) is 17.7. The van der Waals surface area contributed by atoms with Gasteiger partial charge in [0.05, 0.1) is 5.92 Å². The van der Waals surface area contributed by atoms with Crippen molar-refractivity contribution in [2.75, 3.05) is 6.54 Å². The van der Waals surface area contributed by atoms with Gasteiger partial charge < -0.3 is 5.11 Å². The van der Waals surface area contributed by atoms with Crippen molar-refractivity contribution >= 4 is 17.8 Å². The quantitative estimate of drug-likeness (QED) is 0.230. The van der Waals surface area contributed by atoms with Crippen LogP contribution in [0.25, 0.3) is 0 Å². The summed E-state index contributed by atoms with van der Waals surface area (Å²) in [6.45, 7) is 2.65. The zero-order valence-electron chi connectivity index (χ0n) is 17.0. The third-order valence-electron chi connectivity index (χ3n) is 5.14. The molecule has 1 fully saturated rings. The van der Waals surface area contributed by atoms with Gasteiger partial charge in [-0.25, -0.2) is 0 Å². The molecule has 0 saturated carbocycles. The van der Waals surface area contributed by atoms with Crippen LogP contribution in [0.15, 0.2) is 12.2 Å². The zero-order valence-corrected chi connectivity index (χ0v) is 17.0. The van der Waals surface area contributed by atoms with Gasteiger partial charge in [-0.3, -0.25) is 19.3 Å². The largest absolute Gasteiger partial charge is 0.481 e. The Morgan fingerprint density at radius 1 is 1.00 bits per heavy atom. The molecule has 0 aromatic heterocycles. The summed E-state index contributed by atoms with van der Waals surface area (Å²) in [5, 5.41) is 8.61. The Bertz CT molecular complexity index is 487. The maximum Gasteiger partial charge on any atom is 0.303 e. The Morgan fingerprint density at radius 3 is 2.30 bits per heavy atom. The molecule has 27 heavy (non-hydrogen) atoms. The Hall–Kier alpha value is -1.65. The second-order valence-corrected chi connectivity index (χ2v) is 7.59. The van der Waals surface area contributed by atoms with Crippen LogP contribution in [0.3, 0.4) is 0 Å². The first-order valence-corrected chi connectivity index (χ1v) is 10.8. The first-order chi connectivity index (χ1) is 13.1. The topological polar surface area (TPSA) is 74.7 Å². The molecule has 154 valence electrons. The molecule has 0 aliphatic carbocycles. The highest BCUT2D eigenvalue weighted by molar-refractivity contribution is 6.04. The lowest BCUT2D eigenvalue weighted by molar-refractivity contribution is -0.140. The summed E-state index contributed by atoms with van der Waals surface area (Å²) in [7, 11) is 0.